The lowest BCUT2D eigenvalue weighted by Crippen LogP contribution is -2.60. The number of pyridine rings is 1. The predicted molar refractivity (Wildman–Crippen MR) is 92.1 cm³/mol. The topological polar surface area (TPSA) is 58.8 Å². The first-order chi connectivity index (χ1) is 12.2. The summed E-state index contributed by atoms with van der Waals surface area (Å²) in [5, 5.41) is 0. The van der Waals surface area contributed by atoms with E-state index < -0.39 is 0 Å². The highest BCUT2D eigenvalue weighted by Crippen LogP contribution is 2.25. The quantitative estimate of drug-likeness (QED) is 0.856. The van der Waals surface area contributed by atoms with Gasteiger partial charge in [-0.2, -0.15) is 0 Å². The van der Waals surface area contributed by atoms with Crippen LogP contribution in [0.25, 0.3) is 0 Å². The normalized spacial score (nSPS) is 24.1. The van der Waals surface area contributed by atoms with E-state index in [1.807, 2.05) is 30.2 Å². The van der Waals surface area contributed by atoms with Crippen molar-refractivity contribution in [2.24, 2.45) is 0 Å². The van der Waals surface area contributed by atoms with Crippen molar-refractivity contribution < 1.29 is 13.9 Å². The molecule has 132 valence electrons. The molecule has 0 N–H and O–H groups in total. The molecule has 0 aromatic carbocycles. The van der Waals surface area contributed by atoms with Crippen LogP contribution < -0.4 is 0 Å². The van der Waals surface area contributed by atoms with E-state index >= 15 is 0 Å². The van der Waals surface area contributed by atoms with Gasteiger partial charge in [-0.1, -0.05) is 6.07 Å². The molecule has 2 aromatic rings. The summed E-state index contributed by atoms with van der Waals surface area (Å²) in [6.45, 7) is 5.68. The highest BCUT2D eigenvalue weighted by atomic mass is 16.5. The molecule has 6 nitrogen and oxygen atoms in total. The number of carbonyl (C=O) groups is 1. The summed E-state index contributed by atoms with van der Waals surface area (Å²) in [5.41, 5.74) is 1.19. The summed E-state index contributed by atoms with van der Waals surface area (Å²) in [6, 6.07) is 7.85. The third-order valence-electron chi connectivity index (χ3n) is 5.05. The van der Waals surface area contributed by atoms with E-state index in [1.54, 1.807) is 12.3 Å². The van der Waals surface area contributed by atoms with E-state index in [1.165, 1.54) is 5.56 Å². The number of ether oxygens (including phenoxy) is 1. The van der Waals surface area contributed by atoms with E-state index in [4.69, 9.17) is 9.15 Å². The van der Waals surface area contributed by atoms with Gasteiger partial charge in [-0.25, -0.2) is 0 Å². The summed E-state index contributed by atoms with van der Waals surface area (Å²) in [4.78, 5) is 21.2. The molecule has 0 bridgehead atoms. The molecule has 1 amide bonds. The molecule has 4 heterocycles. The number of hydrogen-bond donors (Lipinski definition) is 0. The Balaban J connectivity index is 1.48. The standard InChI is InChI=1S/C19H23N3O3/c1-14-4-5-18(25-14)19(23)22-8-6-17-16(13-22)21(9-10-24-17)12-15-3-2-7-20-11-15/h2-5,7,11,16-17H,6,8-10,12-13H2,1H3/t16-,17-/m0/s1. The predicted octanol–water partition coefficient (Wildman–Crippen LogP) is 2.10. The summed E-state index contributed by atoms with van der Waals surface area (Å²) in [7, 11) is 0. The Morgan fingerprint density at radius 3 is 3.00 bits per heavy atom. The second-order valence-electron chi connectivity index (χ2n) is 6.76. The van der Waals surface area contributed by atoms with Gasteiger partial charge >= 0.3 is 0 Å². The van der Waals surface area contributed by atoms with Gasteiger partial charge < -0.3 is 14.1 Å². The fourth-order valence-corrected chi connectivity index (χ4v) is 3.75. The summed E-state index contributed by atoms with van der Waals surface area (Å²) >= 11 is 0. The van der Waals surface area contributed by atoms with Crippen LogP contribution in [0.1, 0.15) is 28.3 Å². The molecule has 2 aliphatic heterocycles. The van der Waals surface area contributed by atoms with E-state index in [9.17, 15) is 4.79 Å². The Labute approximate surface area is 147 Å². The van der Waals surface area contributed by atoms with Gasteiger partial charge in [-0.3, -0.25) is 14.7 Å². The van der Waals surface area contributed by atoms with Crippen molar-refractivity contribution in [3.8, 4) is 0 Å². The second-order valence-corrected chi connectivity index (χ2v) is 6.76. The molecule has 4 rings (SSSR count). The summed E-state index contributed by atoms with van der Waals surface area (Å²) in [5.74, 6) is 1.15. The number of aryl methyl sites for hydroxylation is 1. The first-order valence-corrected chi connectivity index (χ1v) is 8.81. The molecule has 2 saturated heterocycles. The molecule has 0 saturated carbocycles. The number of likely N-dealkylation sites (tertiary alicyclic amines) is 1. The van der Waals surface area contributed by atoms with Gasteiger partial charge in [0.1, 0.15) is 5.76 Å². The minimum Gasteiger partial charge on any atom is -0.456 e. The van der Waals surface area contributed by atoms with Crippen molar-refractivity contribution in [2.75, 3.05) is 26.2 Å². The van der Waals surface area contributed by atoms with Crippen molar-refractivity contribution in [2.45, 2.75) is 32.0 Å². The molecule has 6 heteroatoms. The number of hydrogen-bond acceptors (Lipinski definition) is 5. The van der Waals surface area contributed by atoms with Crippen LogP contribution in [-0.2, 0) is 11.3 Å². The number of amides is 1. The van der Waals surface area contributed by atoms with Crippen LogP contribution in [0.5, 0.6) is 0 Å². The number of piperidine rings is 1. The smallest absolute Gasteiger partial charge is 0.289 e. The highest BCUT2D eigenvalue weighted by Gasteiger charge is 2.39. The minimum absolute atomic E-state index is 0.0292. The molecular weight excluding hydrogens is 318 g/mol. The minimum atomic E-state index is -0.0292. The van der Waals surface area contributed by atoms with Crippen LogP contribution in [0.3, 0.4) is 0 Å². The van der Waals surface area contributed by atoms with Gasteiger partial charge in [-0.15, -0.1) is 0 Å². The van der Waals surface area contributed by atoms with Gasteiger partial charge in [0.2, 0.25) is 0 Å². The number of morpholine rings is 1. The zero-order chi connectivity index (χ0) is 17.2. The van der Waals surface area contributed by atoms with E-state index in [-0.39, 0.29) is 18.1 Å². The number of nitrogens with zero attached hydrogens (tertiary/aromatic N) is 3. The van der Waals surface area contributed by atoms with Gasteiger partial charge in [0, 0.05) is 38.6 Å². The first-order valence-electron chi connectivity index (χ1n) is 8.81. The summed E-state index contributed by atoms with van der Waals surface area (Å²) in [6.07, 6.45) is 4.74. The number of aromatic nitrogens is 1. The number of rotatable bonds is 3. The second kappa shape index (κ2) is 6.98. The zero-order valence-electron chi connectivity index (χ0n) is 14.4. The van der Waals surface area contributed by atoms with Gasteiger partial charge in [0.15, 0.2) is 5.76 Å². The maximum Gasteiger partial charge on any atom is 0.289 e. The number of carbonyl (C=O) groups excluding carboxylic acids is 1. The Kier molecular flexibility index (Phi) is 4.55. The Bertz CT molecular complexity index is 731. The van der Waals surface area contributed by atoms with Crippen molar-refractivity contribution >= 4 is 5.91 Å². The molecular formula is C19H23N3O3. The number of furan rings is 1. The van der Waals surface area contributed by atoms with Crippen LogP contribution in [0.2, 0.25) is 0 Å². The number of fused-ring (bicyclic) bond motifs is 1. The van der Waals surface area contributed by atoms with E-state index in [2.05, 4.69) is 16.0 Å². The molecule has 25 heavy (non-hydrogen) atoms. The monoisotopic (exact) mass is 341 g/mol. The molecule has 2 fully saturated rings. The molecule has 0 radical (unpaired) electrons. The third kappa shape index (κ3) is 3.45. The van der Waals surface area contributed by atoms with Crippen molar-refractivity contribution in [1.82, 2.24) is 14.8 Å². The van der Waals surface area contributed by atoms with Gasteiger partial charge in [0.25, 0.3) is 5.91 Å². The maximum atomic E-state index is 12.7. The van der Waals surface area contributed by atoms with Crippen LogP contribution in [0.15, 0.2) is 41.1 Å². The zero-order valence-corrected chi connectivity index (χ0v) is 14.4. The first kappa shape index (κ1) is 16.3. The van der Waals surface area contributed by atoms with E-state index in [0.29, 0.717) is 18.8 Å². The van der Waals surface area contributed by atoms with Crippen molar-refractivity contribution in [3.63, 3.8) is 0 Å². The largest absolute Gasteiger partial charge is 0.456 e. The Morgan fingerprint density at radius 2 is 2.24 bits per heavy atom. The highest BCUT2D eigenvalue weighted by molar-refractivity contribution is 5.91. The maximum absolute atomic E-state index is 12.7. The van der Waals surface area contributed by atoms with Crippen molar-refractivity contribution in [1.29, 1.82) is 0 Å². The fourth-order valence-electron chi connectivity index (χ4n) is 3.75. The van der Waals surface area contributed by atoms with E-state index in [0.717, 1.165) is 31.9 Å². The molecule has 2 atom stereocenters. The lowest BCUT2D eigenvalue weighted by atomic mass is 9.98. The lowest BCUT2D eigenvalue weighted by Gasteiger charge is -2.47. The van der Waals surface area contributed by atoms with Crippen LogP contribution in [0.4, 0.5) is 0 Å². The van der Waals surface area contributed by atoms with Crippen LogP contribution in [0, 0.1) is 6.92 Å². The Hall–Kier alpha value is -2.18. The average molecular weight is 341 g/mol. The fraction of sp³-hybridized carbons (Fsp3) is 0.474. The van der Waals surface area contributed by atoms with Crippen molar-refractivity contribution in [3.05, 3.63) is 53.7 Å². The molecule has 0 spiro atoms. The summed E-state index contributed by atoms with van der Waals surface area (Å²) < 4.78 is 11.5. The molecule has 0 aliphatic carbocycles. The van der Waals surface area contributed by atoms with Gasteiger partial charge in [0.05, 0.1) is 18.8 Å². The lowest BCUT2D eigenvalue weighted by molar-refractivity contribution is -0.101. The molecule has 2 aromatic heterocycles. The molecule has 2 aliphatic rings. The third-order valence-corrected chi connectivity index (χ3v) is 5.05. The van der Waals surface area contributed by atoms with Gasteiger partial charge in [-0.05, 0) is 37.1 Å². The van der Waals surface area contributed by atoms with Crippen LogP contribution in [-0.4, -0.2) is 59.1 Å². The average Bonchev–Trinajstić information content (AvgIpc) is 3.08. The van der Waals surface area contributed by atoms with Crippen LogP contribution >= 0.6 is 0 Å². The SMILES string of the molecule is Cc1ccc(C(=O)N2CC[C@@H]3OCCN(Cc4cccnc4)[C@H]3C2)o1. The Morgan fingerprint density at radius 1 is 1.32 bits per heavy atom. The molecule has 0 unspecified atom stereocenters.